The van der Waals surface area contributed by atoms with E-state index in [1.165, 1.54) is 11.8 Å². The van der Waals surface area contributed by atoms with Crippen molar-refractivity contribution in [2.75, 3.05) is 25.2 Å². The molecule has 11 heteroatoms. The van der Waals surface area contributed by atoms with Gasteiger partial charge in [-0.2, -0.15) is 11.8 Å². The lowest BCUT2D eigenvalue weighted by Gasteiger charge is -2.24. The summed E-state index contributed by atoms with van der Waals surface area (Å²) in [6, 6.07) is 5.74. The molecule has 1 rings (SSSR count). The van der Waals surface area contributed by atoms with E-state index in [1.807, 2.05) is 12.3 Å². The molecule has 30 heavy (non-hydrogen) atoms. The van der Waals surface area contributed by atoms with E-state index in [9.17, 15) is 24.3 Å². The van der Waals surface area contributed by atoms with Crippen LogP contribution in [0.15, 0.2) is 30.3 Å². The molecule has 1 aromatic carbocycles. The molecule has 3 atom stereocenters. The maximum atomic E-state index is 12.8. The Morgan fingerprint density at radius 1 is 1.00 bits per heavy atom. The van der Waals surface area contributed by atoms with Gasteiger partial charge in [-0.1, -0.05) is 30.3 Å². The molecule has 0 bridgehead atoms. The number of hydrogen-bond acceptors (Lipinski definition) is 7. The van der Waals surface area contributed by atoms with Crippen molar-refractivity contribution >= 4 is 35.4 Å². The van der Waals surface area contributed by atoms with Gasteiger partial charge in [0.15, 0.2) is 0 Å². The number of nitrogens with one attached hydrogen (secondary N) is 3. The predicted octanol–water partition coefficient (Wildman–Crippen LogP) is -2.13. The van der Waals surface area contributed by atoms with E-state index < -0.39 is 48.4 Å². The molecule has 0 aliphatic heterocycles. The van der Waals surface area contributed by atoms with Crippen LogP contribution in [0.3, 0.4) is 0 Å². The second kappa shape index (κ2) is 13.6. The van der Waals surface area contributed by atoms with Gasteiger partial charge in [-0.15, -0.1) is 0 Å². The summed E-state index contributed by atoms with van der Waals surface area (Å²) < 4.78 is 0. The van der Waals surface area contributed by atoms with Crippen molar-refractivity contribution in [2.24, 2.45) is 11.5 Å². The first-order valence-corrected chi connectivity index (χ1v) is 10.7. The zero-order valence-corrected chi connectivity index (χ0v) is 17.6. The molecule has 166 valence electrons. The van der Waals surface area contributed by atoms with Crippen LogP contribution in [-0.4, -0.2) is 72.0 Å². The summed E-state index contributed by atoms with van der Waals surface area (Å²) in [4.78, 5) is 48.5. The molecule has 0 fully saturated rings. The number of aliphatic hydroxyl groups is 1. The summed E-state index contributed by atoms with van der Waals surface area (Å²) in [6.07, 6.45) is 2.35. The van der Waals surface area contributed by atoms with Crippen molar-refractivity contribution in [2.45, 2.75) is 31.0 Å². The number of carbonyl (C=O) groups is 4. The van der Waals surface area contributed by atoms with E-state index in [0.717, 1.165) is 5.56 Å². The van der Waals surface area contributed by atoms with Crippen molar-refractivity contribution in [3.63, 3.8) is 0 Å². The standard InChI is InChI=1S/C19H29N5O5S/c1-30-8-7-13(17(21)27)23-18(28)14(9-12-5-3-2-4-6-12)24-19(29)15(11-25)22-16(26)10-20/h2-6,13-15,25H,7-11,20H2,1H3,(H2,21,27)(H,22,26)(H,23,28)(H,24,29). The van der Waals surface area contributed by atoms with Crippen LogP contribution in [-0.2, 0) is 25.6 Å². The number of hydrogen-bond donors (Lipinski definition) is 6. The van der Waals surface area contributed by atoms with Gasteiger partial charge in [-0.25, -0.2) is 0 Å². The highest BCUT2D eigenvalue weighted by Gasteiger charge is 2.28. The Kier molecular flexibility index (Phi) is 11.5. The maximum Gasteiger partial charge on any atom is 0.245 e. The van der Waals surface area contributed by atoms with E-state index in [1.54, 1.807) is 24.3 Å². The first kappa shape index (κ1) is 25.4. The number of primary amides is 1. The summed E-state index contributed by atoms with van der Waals surface area (Å²) in [5.41, 5.74) is 11.4. The molecular formula is C19H29N5O5S. The van der Waals surface area contributed by atoms with E-state index in [-0.39, 0.29) is 13.0 Å². The van der Waals surface area contributed by atoms with Crippen molar-refractivity contribution in [1.29, 1.82) is 0 Å². The largest absolute Gasteiger partial charge is 0.394 e. The minimum absolute atomic E-state index is 0.134. The quantitative estimate of drug-likeness (QED) is 0.203. The van der Waals surface area contributed by atoms with Crippen LogP contribution in [0.1, 0.15) is 12.0 Å². The lowest BCUT2D eigenvalue weighted by molar-refractivity contribution is -0.133. The molecule has 10 nitrogen and oxygen atoms in total. The third kappa shape index (κ3) is 8.80. The highest BCUT2D eigenvalue weighted by Crippen LogP contribution is 2.06. The molecule has 1 aromatic rings. The van der Waals surface area contributed by atoms with Crippen molar-refractivity contribution in [3.05, 3.63) is 35.9 Å². The third-order valence-corrected chi connectivity index (χ3v) is 4.85. The van der Waals surface area contributed by atoms with Gasteiger partial charge in [0, 0.05) is 6.42 Å². The second-order valence-corrected chi connectivity index (χ2v) is 7.49. The van der Waals surface area contributed by atoms with Crippen LogP contribution in [0.2, 0.25) is 0 Å². The van der Waals surface area contributed by atoms with Crippen LogP contribution in [0.5, 0.6) is 0 Å². The summed E-state index contributed by atoms with van der Waals surface area (Å²) in [5, 5.41) is 16.8. The number of thioether (sulfide) groups is 1. The van der Waals surface area contributed by atoms with Gasteiger partial charge in [-0.05, 0) is 24.0 Å². The van der Waals surface area contributed by atoms with Crippen LogP contribution >= 0.6 is 11.8 Å². The lowest BCUT2D eigenvalue weighted by Crippen LogP contribution is -2.58. The van der Waals surface area contributed by atoms with Gasteiger partial charge >= 0.3 is 0 Å². The molecule has 8 N–H and O–H groups in total. The summed E-state index contributed by atoms with van der Waals surface area (Å²) >= 11 is 1.50. The zero-order chi connectivity index (χ0) is 22.5. The SMILES string of the molecule is CSCCC(NC(=O)C(Cc1ccccc1)NC(=O)C(CO)NC(=O)CN)C(N)=O. The van der Waals surface area contributed by atoms with Crippen LogP contribution in [0.4, 0.5) is 0 Å². The Bertz CT molecular complexity index is 719. The van der Waals surface area contributed by atoms with Gasteiger partial charge in [0.2, 0.25) is 23.6 Å². The van der Waals surface area contributed by atoms with Crippen molar-refractivity contribution in [1.82, 2.24) is 16.0 Å². The van der Waals surface area contributed by atoms with Gasteiger partial charge < -0.3 is 32.5 Å². The zero-order valence-electron chi connectivity index (χ0n) is 16.8. The predicted molar refractivity (Wildman–Crippen MR) is 114 cm³/mol. The Morgan fingerprint density at radius 2 is 1.60 bits per heavy atom. The topological polar surface area (TPSA) is 177 Å². The Hall–Kier alpha value is -2.63. The fourth-order valence-corrected chi connectivity index (χ4v) is 3.04. The van der Waals surface area contributed by atoms with Gasteiger partial charge in [-0.3, -0.25) is 19.2 Å². The van der Waals surface area contributed by atoms with Crippen LogP contribution in [0.25, 0.3) is 0 Å². The fourth-order valence-electron chi connectivity index (χ4n) is 2.57. The first-order chi connectivity index (χ1) is 14.3. The van der Waals surface area contributed by atoms with Gasteiger partial charge in [0.05, 0.1) is 13.2 Å². The molecule has 0 saturated carbocycles. The van der Waals surface area contributed by atoms with Gasteiger partial charge in [0.25, 0.3) is 0 Å². The van der Waals surface area contributed by atoms with Gasteiger partial charge in [0.1, 0.15) is 18.1 Å². The molecule has 0 aliphatic carbocycles. The van der Waals surface area contributed by atoms with Crippen molar-refractivity contribution < 1.29 is 24.3 Å². The molecule has 0 spiro atoms. The fraction of sp³-hybridized carbons (Fsp3) is 0.474. The van der Waals surface area contributed by atoms with Crippen LogP contribution in [0, 0.1) is 0 Å². The summed E-state index contributed by atoms with van der Waals surface area (Å²) in [6.45, 7) is -1.03. The lowest BCUT2D eigenvalue weighted by atomic mass is 10.0. The number of aliphatic hydroxyl groups excluding tert-OH is 1. The van der Waals surface area contributed by atoms with Crippen molar-refractivity contribution in [3.8, 4) is 0 Å². The normalized spacial score (nSPS) is 13.6. The highest BCUT2D eigenvalue weighted by molar-refractivity contribution is 7.98. The number of nitrogens with two attached hydrogens (primary N) is 2. The number of amides is 4. The maximum absolute atomic E-state index is 12.8. The van der Waals surface area contributed by atoms with E-state index >= 15 is 0 Å². The summed E-state index contributed by atoms with van der Waals surface area (Å²) in [5.74, 6) is -2.04. The molecular weight excluding hydrogens is 410 g/mol. The van der Waals surface area contributed by atoms with E-state index in [0.29, 0.717) is 12.2 Å². The molecule has 0 heterocycles. The average Bonchev–Trinajstić information content (AvgIpc) is 2.74. The molecule has 0 aliphatic rings. The third-order valence-electron chi connectivity index (χ3n) is 4.21. The second-order valence-electron chi connectivity index (χ2n) is 6.50. The first-order valence-electron chi connectivity index (χ1n) is 9.35. The summed E-state index contributed by atoms with van der Waals surface area (Å²) in [7, 11) is 0. The number of carbonyl (C=O) groups excluding carboxylic acids is 4. The Labute approximate surface area is 179 Å². The monoisotopic (exact) mass is 439 g/mol. The van der Waals surface area contributed by atoms with E-state index in [4.69, 9.17) is 11.5 Å². The molecule has 0 radical (unpaired) electrons. The number of rotatable bonds is 13. The Balaban J connectivity index is 2.97. The van der Waals surface area contributed by atoms with E-state index in [2.05, 4.69) is 16.0 Å². The molecule has 0 saturated heterocycles. The molecule has 3 unspecified atom stereocenters. The molecule has 4 amide bonds. The Morgan fingerprint density at radius 3 is 2.13 bits per heavy atom. The smallest absolute Gasteiger partial charge is 0.245 e. The average molecular weight is 440 g/mol. The molecule has 0 aromatic heterocycles. The minimum atomic E-state index is -1.27. The van der Waals surface area contributed by atoms with Crippen LogP contribution < -0.4 is 27.4 Å². The highest BCUT2D eigenvalue weighted by atomic mass is 32.2. The number of benzene rings is 1. The minimum Gasteiger partial charge on any atom is -0.394 e.